The van der Waals surface area contributed by atoms with Gasteiger partial charge in [0.15, 0.2) is 0 Å². The molecule has 15 heteroatoms. The maximum absolute atomic E-state index is 16.2. The fourth-order valence-electron chi connectivity index (χ4n) is 7.36. The molecular weight excluding hydrogens is 654 g/mol. The van der Waals surface area contributed by atoms with E-state index in [-0.39, 0.29) is 23.3 Å². The molecule has 0 saturated carbocycles. The van der Waals surface area contributed by atoms with Crippen molar-refractivity contribution in [2.45, 2.75) is 51.5 Å². The maximum atomic E-state index is 16.2. The number of anilines is 3. The highest BCUT2D eigenvalue weighted by Gasteiger charge is 2.50. The first-order valence-electron chi connectivity index (χ1n) is 17.4. The molecule has 2 amide bonds. The van der Waals surface area contributed by atoms with Crippen molar-refractivity contribution in [1.29, 1.82) is 0 Å². The van der Waals surface area contributed by atoms with Gasteiger partial charge in [0.25, 0.3) is 0 Å². The molecule has 0 radical (unpaired) electrons. The number of amides is 2. The summed E-state index contributed by atoms with van der Waals surface area (Å²) < 4.78 is 58.1. The first-order valence-corrected chi connectivity index (χ1v) is 17.4. The normalized spacial score (nSPS) is 26.1. The van der Waals surface area contributed by atoms with Crippen LogP contribution in [0.4, 0.5) is 34.9 Å². The highest BCUT2D eigenvalue weighted by molar-refractivity contribution is 5.98. The van der Waals surface area contributed by atoms with Crippen LogP contribution >= 0.6 is 0 Å². The molecule has 272 valence electrons. The third-order valence-electron chi connectivity index (χ3n) is 10.7. The summed E-state index contributed by atoms with van der Waals surface area (Å²) in [4.78, 5) is 45.6. The molecule has 50 heavy (non-hydrogen) atoms. The zero-order valence-corrected chi connectivity index (χ0v) is 29.1. The lowest BCUT2D eigenvalue weighted by Crippen LogP contribution is -2.55. The second-order valence-corrected chi connectivity index (χ2v) is 14.3. The number of nitrogens with zero attached hydrogens (tertiary/aromatic N) is 7. The number of benzene rings is 1. The molecule has 2 aromatic rings. The Hall–Kier alpha value is -3.82. The van der Waals surface area contributed by atoms with Crippen molar-refractivity contribution >= 4 is 34.7 Å². The van der Waals surface area contributed by atoms with Gasteiger partial charge in [-0.15, -0.1) is 0 Å². The van der Waals surface area contributed by atoms with E-state index in [2.05, 4.69) is 42.3 Å². The van der Waals surface area contributed by atoms with Gasteiger partial charge in [-0.25, -0.2) is 14.4 Å². The summed E-state index contributed by atoms with van der Waals surface area (Å²) in [7, 11) is 4.13. The molecule has 0 aliphatic carbocycles. The summed E-state index contributed by atoms with van der Waals surface area (Å²) in [6.45, 7) is 10.5. The van der Waals surface area contributed by atoms with Crippen LogP contribution in [0.5, 0.6) is 0 Å². The monoisotopic (exact) mass is 701 g/mol. The molecule has 1 aromatic heterocycles. The van der Waals surface area contributed by atoms with Gasteiger partial charge in [-0.05, 0) is 52.1 Å². The minimum atomic E-state index is -4.74. The van der Waals surface area contributed by atoms with Crippen LogP contribution in [-0.2, 0) is 16.1 Å². The minimum Gasteiger partial charge on any atom is -0.367 e. The Balaban J connectivity index is 1.25. The second-order valence-electron chi connectivity index (χ2n) is 14.3. The lowest BCUT2D eigenvalue weighted by Gasteiger charge is -2.44. The molecule has 0 spiro atoms. The topological polar surface area (TPSA) is 100 Å². The largest absolute Gasteiger partial charge is 0.393 e. The number of alkyl halides is 3. The molecule has 2 N–H and O–H groups in total. The smallest absolute Gasteiger partial charge is 0.367 e. The Morgan fingerprint density at radius 1 is 1.00 bits per heavy atom. The van der Waals surface area contributed by atoms with Crippen LogP contribution in [0.2, 0.25) is 0 Å². The molecule has 4 aliphatic heterocycles. The van der Waals surface area contributed by atoms with Crippen molar-refractivity contribution < 1.29 is 27.2 Å². The van der Waals surface area contributed by atoms with Crippen LogP contribution < -0.4 is 20.4 Å². The van der Waals surface area contributed by atoms with Crippen LogP contribution in [0.15, 0.2) is 30.6 Å². The summed E-state index contributed by atoms with van der Waals surface area (Å²) in [5.41, 5.74) is 2.57. The Labute approximate surface area is 290 Å². The highest BCUT2D eigenvalue weighted by atomic mass is 19.4. The molecule has 2 unspecified atom stereocenters. The number of piperidine rings is 1. The first kappa shape index (κ1) is 36.0. The average Bonchev–Trinajstić information content (AvgIpc) is 3.08. The third-order valence-corrected chi connectivity index (χ3v) is 10.7. The Morgan fingerprint density at radius 2 is 1.68 bits per heavy atom. The molecule has 3 saturated heterocycles. The zero-order chi connectivity index (χ0) is 35.7. The number of carbonyl (C=O) groups excluding carboxylic acids is 2. The Bertz CT molecular complexity index is 1570. The van der Waals surface area contributed by atoms with Gasteiger partial charge in [0.2, 0.25) is 17.8 Å². The van der Waals surface area contributed by atoms with Crippen LogP contribution in [0.1, 0.15) is 37.8 Å². The second kappa shape index (κ2) is 14.8. The molecule has 5 heterocycles. The van der Waals surface area contributed by atoms with E-state index in [4.69, 9.17) is 0 Å². The predicted molar refractivity (Wildman–Crippen MR) is 184 cm³/mol. The maximum Gasteiger partial charge on any atom is 0.393 e. The fraction of sp³-hybridized carbons (Fsp3) is 0.600. The van der Waals surface area contributed by atoms with E-state index >= 15 is 4.39 Å². The summed E-state index contributed by atoms with van der Waals surface area (Å²) in [6, 6.07) is 3.13. The van der Waals surface area contributed by atoms with E-state index in [9.17, 15) is 22.8 Å². The number of aromatic nitrogens is 2. The number of carbonyl (C=O) groups is 2. The van der Waals surface area contributed by atoms with Crippen molar-refractivity contribution in [1.82, 2.24) is 30.0 Å². The fourth-order valence-corrected chi connectivity index (χ4v) is 7.36. The van der Waals surface area contributed by atoms with Gasteiger partial charge in [-0.2, -0.15) is 13.2 Å². The van der Waals surface area contributed by atoms with Crippen LogP contribution in [0.3, 0.4) is 0 Å². The molecule has 6 rings (SSSR count). The minimum absolute atomic E-state index is 0.107. The Morgan fingerprint density at radius 3 is 2.34 bits per heavy atom. The van der Waals surface area contributed by atoms with Gasteiger partial charge in [0.1, 0.15) is 5.82 Å². The SMILES string of the molecule is C[C@@H]1CN(c2cc(F)c(C3=CCCN(c4ncc(CN5CCN(C)CC5)cn4)C3)cc2NC(=O)C2CNC(=O)CC2C(F)(F)F)C[C@H](C)N1C. The Kier molecular flexibility index (Phi) is 10.7. The summed E-state index contributed by atoms with van der Waals surface area (Å²) in [5.74, 6) is -5.23. The van der Waals surface area contributed by atoms with Crippen molar-refractivity contribution in [3.8, 4) is 0 Å². The molecule has 1 aromatic carbocycles. The number of likely N-dealkylation sites (N-methyl/N-ethyl adjacent to an activating group) is 2. The number of nitrogens with one attached hydrogen (secondary N) is 2. The van der Waals surface area contributed by atoms with Gasteiger partial charge in [-0.1, -0.05) is 6.08 Å². The number of hydrogen-bond acceptors (Lipinski definition) is 9. The van der Waals surface area contributed by atoms with Crippen molar-refractivity contribution in [3.05, 3.63) is 47.5 Å². The van der Waals surface area contributed by atoms with E-state index < -0.39 is 48.6 Å². The van der Waals surface area contributed by atoms with Gasteiger partial charge in [0.05, 0.1) is 23.2 Å². The highest BCUT2D eigenvalue weighted by Crippen LogP contribution is 2.39. The van der Waals surface area contributed by atoms with Crippen molar-refractivity contribution in [2.75, 3.05) is 88.1 Å². The van der Waals surface area contributed by atoms with Gasteiger partial charge in [0, 0.05) is 107 Å². The summed E-state index contributed by atoms with van der Waals surface area (Å²) in [6.07, 6.45) is 0.660. The zero-order valence-electron chi connectivity index (χ0n) is 29.1. The summed E-state index contributed by atoms with van der Waals surface area (Å²) in [5, 5.41) is 5.15. The van der Waals surface area contributed by atoms with Crippen molar-refractivity contribution in [2.24, 2.45) is 11.8 Å². The average molecular weight is 702 g/mol. The van der Waals surface area contributed by atoms with E-state index in [1.165, 1.54) is 12.1 Å². The molecular formula is C35H47F4N9O2. The van der Waals surface area contributed by atoms with Crippen molar-refractivity contribution in [3.63, 3.8) is 0 Å². The molecule has 11 nitrogen and oxygen atoms in total. The molecule has 0 bridgehead atoms. The summed E-state index contributed by atoms with van der Waals surface area (Å²) >= 11 is 0. The van der Waals surface area contributed by atoms with Crippen LogP contribution in [-0.4, -0.2) is 128 Å². The van der Waals surface area contributed by atoms with Crippen LogP contribution in [0.25, 0.3) is 5.57 Å². The standard InChI is InChI=1S/C35H47F4N9O2/c1-22-18-48(19-23(2)45(22)4)31-14-29(36)26(12-30(31)43-33(50)27-17-40-32(49)13-28(27)35(37,38)39)25-6-5-7-47(21-25)34-41-15-24(16-42-34)20-46-10-8-44(3)9-11-46/h6,12,14-16,22-23,27-28H,5,7-11,13,17-21H2,1-4H3,(H,40,49)(H,43,50)/t22-,23+,27?,28?. The molecule has 4 atom stereocenters. The van der Waals surface area contributed by atoms with Gasteiger partial charge < -0.3 is 25.3 Å². The van der Waals surface area contributed by atoms with Gasteiger partial charge in [-0.3, -0.25) is 19.4 Å². The quantitative estimate of drug-likeness (QED) is 0.421. The number of rotatable bonds is 7. The van der Waals surface area contributed by atoms with E-state index in [1.807, 2.05) is 49.2 Å². The number of piperazine rings is 2. The van der Waals surface area contributed by atoms with E-state index in [1.54, 1.807) is 0 Å². The molecule has 4 aliphatic rings. The third kappa shape index (κ3) is 8.05. The lowest BCUT2D eigenvalue weighted by molar-refractivity contribution is -0.197. The van der Waals surface area contributed by atoms with Crippen LogP contribution in [0, 0.1) is 17.7 Å². The van der Waals surface area contributed by atoms with E-state index in [0.29, 0.717) is 49.8 Å². The first-order chi connectivity index (χ1) is 23.8. The van der Waals surface area contributed by atoms with E-state index in [0.717, 1.165) is 38.3 Å². The molecule has 3 fully saturated rings. The number of halogens is 4. The number of hydrogen-bond donors (Lipinski definition) is 2. The lowest BCUT2D eigenvalue weighted by atomic mass is 9.84. The predicted octanol–water partition coefficient (Wildman–Crippen LogP) is 3.44. The van der Waals surface area contributed by atoms with Gasteiger partial charge >= 0.3 is 6.18 Å².